The molecular formula is C30H23BrN4O3. The van der Waals surface area contributed by atoms with Gasteiger partial charge in [0.1, 0.15) is 17.9 Å². The third kappa shape index (κ3) is 5.24. The fourth-order valence-electron chi connectivity index (χ4n) is 4.27. The van der Waals surface area contributed by atoms with E-state index in [0.717, 1.165) is 38.1 Å². The maximum absolute atomic E-state index is 12.5. The van der Waals surface area contributed by atoms with Gasteiger partial charge in [-0.3, -0.25) is 4.79 Å². The second kappa shape index (κ2) is 10.8. The van der Waals surface area contributed by atoms with Gasteiger partial charge in [-0.05, 0) is 74.5 Å². The third-order valence-corrected chi connectivity index (χ3v) is 6.66. The van der Waals surface area contributed by atoms with Crippen LogP contribution in [0.5, 0.6) is 5.75 Å². The molecule has 3 aromatic carbocycles. The summed E-state index contributed by atoms with van der Waals surface area (Å²) in [5, 5.41) is 14.2. The maximum atomic E-state index is 12.5. The maximum Gasteiger partial charge on any atom is 0.307 e. The molecule has 5 rings (SSSR count). The second-order valence-corrected chi connectivity index (χ2v) is 9.62. The van der Waals surface area contributed by atoms with Crippen LogP contribution in [0.1, 0.15) is 38.6 Å². The van der Waals surface area contributed by atoms with Crippen LogP contribution in [-0.2, 0) is 6.61 Å². The van der Waals surface area contributed by atoms with Gasteiger partial charge in [-0.2, -0.15) is 10.4 Å². The average molecular weight is 567 g/mol. The Kier molecular flexibility index (Phi) is 7.11. The number of hydrazone groups is 1. The first kappa shape index (κ1) is 25.1. The van der Waals surface area contributed by atoms with E-state index in [0.29, 0.717) is 23.5 Å². The van der Waals surface area contributed by atoms with Gasteiger partial charge < -0.3 is 13.7 Å². The number of nitrogens with one attached hydrogen (secondary N) is 1. The number of furan rings is 1. The fourth-order valence-corrected chi connectivity index (χ4v) is 4.64. The molecule has 0 aliphatic carbocycles. The number of carbonyl (C=O) groups excluding carboxylic acids is 1. The SMILES string of the molecule is Cc1cc(/C=N\NC(=O)c2cc3cc(Br)ccc3o2)c(C)n1-c1ccc(OCc2ccccc2C#N)cc1. The first-order valence-electron chi connectivity index (χ1n) is 11.9. The lowest BCUT2D eigenvalue weighted by Gasteiger charge is -2.12. The Bertz CT molecular complexity index is 1710. The second-order valence-electron chi connectivity index (χ2n) is 8.71. The lowest BCUT2D eigenvalue weighted by Crippen LogP contribution is -2.16. The number of benzene rings is 3. The number of carbonyl (C=O) groups is 1. The lowest BCUT2D eigenvalue weighted by atomic mass is 10.1. The zero-order chi connectivity index (χ0) is 26.6. The summed E-state index contributed by atoms with van der Waals surface area (Å²) in [6, 6.07) is 26.6. The van der Waals surface area contributed by atoms with E-state index in [4.69, 9.17) is 9.15 Å². The van der Waals surface area contributed by atoms with Crippen molar-refractivity contribution >= 4 is 39.0 Å². The number of hydrogen-bond donors (Lipinski definition) is 1. The molecule has 2 aromatic heterocycles. The first-order valence-corrected chi connectivity index (χ1v) is 12.6. The molecule has 0 aliphatic rings. The lowest BCUT2D eigenvalue weighted by molar-refractivity contribution is 0.0929. The van der Waals surface area contributed by atoms with E-state index >= 15 is 0 Å². The van der Waals surface area contributed by atoms with Crippen molar-refractivity contribution in [2.45, 2.75) is 20.5 Å². The summed E-state index contributed by atoms with van der Waals surface area (Å²) in [7, 11) is 0. The summed E-state index contributed by atoms with van der Waals surface area (Å²) < 4.78 is 14.5. The Hall–Kier alpha value is -4.61. The molecular weight excluding hydrogens is 544 g/mol. The summed E-state index contributed by atoms with van der Waals surface area (Å²) in [5.74, 6) is 0.487. The van der Waals surface area contributed by atoms with Gasteiger partial charge in [0.2, 0.25) is 0 Å². The molecule has 0 bridgehead atoms. The van der Waals surface area contributed by atoms with Crippen LogP contribution in [-0.4, -0.2) is 16.7 Å². The van der Waals surface area contributed by atoms with Gasteiger partial charge >= 0.3 is 5.91 Å². The van der Waals surface area contributed by atoms with Crippen LogP contribution in [0.2, 0.25) is 0 Å². The van der Waals surface area contributed by atoms with Crippen molar-refractivity contribution in [3.05, 3.63) is 117 Å². The number of aromatic nitrogens is 1. The van der Waals surface area contributed by atoms with Crippen LogP contribution in [0.3, 0.4) is 0 Å². The Labute approximate surface area is 228 Å². The number of halogens is 1. The van der Waals surface area contributed by atoms with Crippen LogP contribution in [0.15, 0.2) is 92.9 Å². The van der Waals surface area contributed by atoms with Crippen LogP contribution in [0.4, 0.5) is 0 Å². The molecule has 1 amide bonds. The van der Waals surface area contributed by atoms with E-state index in [1.807, 2.05) is 74.5 Å². The number of nitrogens with zero attached hydrogens (tertiary/aromatic N) is 3. The summed E-state index contributed by atoms with van der Waals surface area (Å²) in [5.41, 5.74) is 8.49. The van der Waals surface area contributed by atoms with Crippen molar-refractivity contribution in [3.8, 4) is 17.5 Å². The van der Waals surface area contributed by atoms with Gasteiger partial charge in [0.05, 0.1) is 17.8 Å². The van der Waals surface area contributed by atoms with Crippen molar-refractivity contribution in [3.63, 3.8) is 0 Å². The van der Waals surface area contributed by atoms with Gasteiger partial charge in [0.25, 0.3) is 0 Å². The molecule has 0 fully saturated rings. The summed E-state index contributed by atoms with van der Waals surface area (Å²) in [6.07, 6.45) is 1.63. The molecule has 0 saturated heterocycles. The molecule has 1 N–H and O–H groups in total. The molecule has 7 nitrogen and oxygen atoms in total. The molecule has 0 unspecified atom stereocenters. The normalized spacial score (nSPS) is 11.1. The van der Waals surface area contributed by atoms with Crippen molar-refractivity contribution in [2.24, 2.45) is 5.10 Å². The monoisotopic (exact) mass is 566 g/mol. The highest BCUT2D eigenvalue weighted by Gasteiger charge is 2.13. The van der Waals surface area contributed by atoms with E-state index in [9.17, 15) is 10.1 Å². The Morgan fingerprint density at radius 2 is 1.89 bits per heavy atom. The molecule has 0 atom stereocenters. The highest BCUT2D eigenvalue weighted by Crippen LogP contribution is 2.24. The summed E-state index contributed by atoms with van der Waals surface area (Å²) >= 11 is 3.42. The Morgan fingerprint density at radius 1 is 1.11 bits per heavy atom. The number of aryl methyl sites for hydroxylation is 1. The fraction of sp³-hybridized carbons (Fsp3) is 0.100. The molecule has 8 heteroatoms. The van der Waals surface area contributed by atoms with E-state index in [1.54, 1.807) is 24.4 Å². The van der Waals surface area contributed by atoms with Gasteiger partial charge in [0, 0.05) is 38.1 Å². The molecule has 0 saturated carbocycles. The van der Waals surface area contributed by atoms with Crippen molar-refractivity contribution in [2.75, 3.05) is 0 Å². The molecule has 5 aromatic rings. The molecule has 0 spiro atoms. The molecule has 0 aliphatic heterocycles. The quantitative estimate of drug-likeness (QED) is 0.173. The molecule has 0 radical (unpaired) electrons. The van der Waals surface area contributed by atoms with Gasteiger partial charge in [0.15, 0.2) is 5.76 Å². The number of nitriles is 1. The van der Waals surface area contributed by atoms with E-state index in [1.165, 1.54) is 0 Å². The zero-order valence-corrected chi connectivity index (χ0v) is 22.3. The third-order valence-electron chi connectivity index (χ3n) is 6.17. The first-order chi connectivity index (χ1) is 18.4. The predicted molar refractivity (Wildman–Crippen MR) is 150 cm³/mol. The van der Waals surface area contributed by atoms with Crippen molar-refractivity contribution in [1.29, 1.82) is 5.26 Å². The van der Waals surface area contributed by atoms with Gasteiger partial charge in [-0.25, -0.2) is 5.43 Å². The minimum absolute atomic E-state index is 0.194. The molecule has 38 heavy (non-hydrogen) atoms. The number of rotatable bonds is 7. The van der Waals surface area contributed by atoms with Crippen LogP contribution < -0.4 is 10.2 Å². The topological polar surface area (TPSA) is 92.6 Å². The summed E-state index contributed by atoms with van der Waals surface area (Å²) in [6.45, 7) is 4.33. The van der Waals surface area contributed by atoms with Crippen LogP contribution in [0.25, 0.3) is 16.7 Å². The Morgan fingerprint density at radius 3 is 2.68 bits per heavy atom. The number of hydrogen-bond acceptors (Lipinski definition) is 5. The van der Waals surface area contributed by atoms with Gasteiger partial charge in [-0.1, -0.05) is 34.1 Å². The standard InChI is InChI=1S/C30H23BrN4O3/c1-19-13-24(17-33-34-30(36)29-15-23-14-25(31)7-12-28(23)38-29)20(2)35(19)26-8-10-27(11-9-26)37-18-22-6-4-3-5-21(22)16-32/h3-15,17H,18H2,1-2H3,(H,34,36)/b33-17-. The minimum atomic E-state index is -0.421. The molecule has 2 heterocycles. The number of ether oxygens (including phenoxy) is 1. The smallest absolute Gasteiger partial charge is 0.307 e. The number of fused-ring (bicyclic) bond motifs is 1. The van der Waals surface area contributed by atoms with E-state index in [2.05, 4.69) is 37.1 Å². The van der Waals surface area contributed by atoms with E-state index in [-0.39, 0.29) is 5.76 Å². The predicted octanol–water partition coefficient (Wildman–Crippen LogP) is 6.82. The van der Waals surface area contributed by atoms with Gasteiger partial charge in [-0.15, -0.1) is 0 Å². The Balaban J connectivity index is 1.26. The highest BCUT2D eigenvalue weighted by atomic mass is 79.9. The average Bonchev–Trinajstić information content (AvgIpc) is 3.47. The van der Waals surface area contributed by atoms with Crippen molar-refractivity contribution < 1.29 is 13.9 Å². The molecule has 188 valence electrons. The number of amides is 1. The van der Waals surface area contributed by atoms with Crippen LogP contribution >= 0.6 is 15.9 Å². The minimum Gasteiger partial charge on any atom is -0.489 e. The van der Waals surface area contributed by atoms with Crippen molar-refractivity contribution in [1.82, 2.24) is 9.99 Å². The summed E-state index contributed by atoms with van der Waals surface area (Å²) in [4.78, 5) is 12.5. The largest absolute Gasteiger partial charge is 0.489 e. The van der Waals surface area contributed by atoms with E-state index < -0.39 is 5.91 Å². The zero-order valence-electron chi connectivity index (χ0n) is 20.7. The highest BCUT2D eigenvalue weighted by molar-refractivity contribution is 9.10. The van der Waals surface area contributed by atoms with Crippen LogP contribution in [0, 0.1) is 25.2 Å².